The smallest absolute Gasteiger partial charge is 0.261 e. The molecule has 0 saturated carbocycles. The molecule has 0 aliphatic rings. The van der Waals surface area contributed by atoms with E-state index < -0.39 is 28.5 Å². The van der Waals surface area contributed by atoms with Gasteiger partial charge in [0.05, 0.1) is 5.56 Å². The predicted molar refractivity (Wildman–Crippen MR) is 99.5 cm³/mol. The third-order valence-electron chi connectivity index (χ3n) is 3.83. The molecule has 5 nitrogen and oxygen atoms in total. The van der Waals surface area contributed by atoms with E-state index in [4.69, 9.17) is 21.6 Å². The molecule has 0 saturated heterocycles. The molecule has 0 fully saturated rings. The maximum Gasteiger partial charge on any atom is 0.261 e. The second-order valence-corrected chi connectivity index (χ2v) is 6.24. The minimum absolute atomic E-state index is 0.104. The van der Waals surface area contributed by atoms with Crippen molar-refractivity contribution in [2.75, 3.05) is 5.32 Å². The van der Waals surface area contributed by atoms with Crippen LogP contribution in [0.1, 0.15) is 21.5 Å². The van der Waals surface area contributed by atoms with Crippen LogP contribution in [-0.2, 0) is 0 Å². The number of benzene rings is 2. The number of pyridine rings is 1. The average Bonchev–Trinajstić information content (AvgIpc) is 2.68. The summed E-state index contributed by atoms with van der Waals surface area (Å²) in [6, 6.07) is 9.52. The fourth-order valence-corrected chi connectivity index (χ4v) is 2.54. The highest BCUT2D eigenvalue weighted by Crippen LogP contribution is 2.30. The molecule has 1 heterocycles. The summed E-state index contributed by atoms with van der Waals surface area (Å²) in [7, 11) is 0. The molecule has 3 rings (SSSR count). The quantitative estimate of drug-likeness (QED) is 0.578. The first-order valence-corrected chi connectivity index (χ1v) is 8.47. The molecule has 0 aliphatic carbocycles. The van der Waals surface area contributed by atoms with Crippen molar-refractivity contribution < 1.29 is 22.7 Å². The maximum atomic E-state index is 13.9. The highest BCUT2D eigenvalue weighted by molar-refractivity contribution is 6.29. The zero-order valence-corrected chi connectivity index (χ0v) is 15.5. The molecule has 1 aromatic heterocycles. The number of hydrogen-bond donors (Lipinski definition) is 1. The Kier molecular flexibility index (Phi) is 5.71. The average molecular weight is 418 g/mol. The molecule has 0 radical (unpaired) electrons. The number of rotatable bonds is 4. The van der Waals surface area contributed by atoms with Gasteiger partial charge in [0.2, 0.25) is 5.88 Å². The van der Waals surface area contributed by atoms with Gasteiger partial charge in [-0.25, -0.2) is 13.2 Å². The van der Waals surface area contributed by atoms with E-state index in [1.165, 1.54) is 18.2 Å². The summed E-state index contributed by atoms with van der Waals surface area (Å²) < 4.78 is 46.2. The van der Waals surface area contributed by atoms with Crippen molar-refractivity contribution in [3.63, 3.8) is 0 Å². The Labute approximate surface area is 168 Å². The van der Waals surface area contributed by atoms with Crippen LogP contribution >= 0.6 is 11.6 Å². The predicted octanol–water partition coefficient (Wildman–Crippen LogP) is 5.38. The van der Waals surface area contributed by atoms with Crippen molar-refractivity contribution in [2.24, 2.45) is 0 Å². The molecule has 9 heteroatoms. The highest BCUT2D eigenvalue weighted by atomic mass is 35.5. The summed E-state index contributed by atoms with van der Waals surface area (Å²) in [4.78, 5) is 16.4. The lowest BCUT2D eigenvalue weighted by molar-refractivity contribution is 0.102. The first-order chi connectivity index (χ1) is 13.8. The summed E-state index contributed by atoms with van der Waals surface area (Å²) in [5.74, 6) is -3.16. The monoisotopic (exact) mass is 417 g/mol. The standard InChI is InChI=1S/C20H11ClF3N3O2/c1-10-6-12(22)2-5-17(10)29-20-14(8-16(24)18(21)27-20)19(28)26-13-3-4-15(23)11(7-13)9-25/h2-8H,1H3,(H,26,28). The molecule has 0 unspecified atom stereocenters. The minimum Gasteiger partial charge on any atom is -0.438 e. The normalized spacial score (nSPS) is 10.3. The van der Waals surface area contributed by atoms with Crippen LogP contribution in [-0.4, -0.2) is 10.9 Å². The number of aromatic nitrogens is 1. The van der Waals surface area contributed by atoms with Gasteiger partial charge >= 0.3 is 0 Å². The number of carbonyl (C=O) groups is 1. The van der Waals surface area contributed by atoms with E-state index in [1.807, 2.05) is 0 Å². The van der Waals surface area contributed by atoms with Gasteiger partial charge in [-0.1, -0.05) is 11.6 Å². The number of aryl methyl sites for hydroxylation is 1. The Balaban J connectivity index is 1.96. The first-order valence-electron chi connectivity index (χ1n) is 8.09. The fourth-order valence-electron chi connectivity index (χ4n) is 2.41. The topological polar surface area (TPSA) is 75.0 Å². The lowest BCUT2D eigenvalue weighted by Gasteiger charge is -2.13. The van der Waals surface area contributed by atoms with Crippen LogP contribution in [0.2, 0.25) is 5.15 Å². The highest BCUT2D eigenvalue weighted by Gasteiger charge is 2.20. The molecular formula is C20H11ClF3N3O2. The number of nitrogens with one attached hydrogen (secondary N) is 1. The lowest BCUT2D eigenvalue weighted by Crippen LogP contribution is -2.15. The SMILES string of the molecule is Cc1cc(F)ccc1Oc1nc(Cl)c(F)cc1C(=O)Nc1ccc(F)c(C#N)c1. The number of nitrogens with zero attached hydrogens (tertiary/aromatic N) is 2. The lowest BCUT2D eigenvalue weighted by atomic mass is 10.2. The van der Waals surface area contributed by atoms with Gasteiger partial charge < -0.3 is 10.1 Å². The van der Waals surface area contributed by atoms with Gasteiger partial charge in [0.15, 0.2) is 11.0 Å². The second-order valence-electron chi connectivity index (χ2n) is 5.89. The van der Waals surface area contributed by atoms with Crippen LogP contribution in [0.5, 0.6) is 11.6 Å². The van der Waals surface area contributed by atoms with E-state index in [1.54, 1.807) is 13.0 Å². The van der Waals surface area contributed by atoms with E-state index in [2.05, 4.69) is 10.3 Å². The molecule has 29 heavy (non-hydrogen) atoms. The molecule has 0 spiro atoms. The molecule has 146 valence electrons. The minimum atomic E-state index is -0.961. The second kappa shape index (κ2) is 8.20. The number of halogens is 4. The van der Waals surface area contributed by atoms with Crippen molar-refractivity contribution in [1.29, 1.82) is 5.26 Å². The Hall–Kier alpha value is -3.57. The van der Waals surface area contributed by atoms with Gasteiger partial charge in [-0.2, -0.15) is 10.2 Å². The van der Waals surface area contributed by atoms with Gasteiger partial charge in [0.1, 0.15) is 29.0 Å². The summed E-state index contributed by atoms with van der Waals surface area (Å²) >= 11 is 5.70. The van der Waals surface area contributed by atoms with Crippen LogP contribution < -0.4 is 10.1 Å². The molecular weight excluding hydrogens is 407 g/mol. The number of nitriles is 1. The van der Waals surface area contributed by atoms with Crippen LogP contribution in [0.4, 0.5) is 18.9 Å². The van der Waals surface area contributed by atoms with Crippen LogP contribution in [0, 0.1) is 35.7 Å². The van der Waals surface area contributed by atoms with E-state index >= 15 is 0 Å². The molecule has 3 aromatic rings. The van der Waals surface area contributed by atoms with Crippen LogP contribution in [0.25, 0.3) is 0 Å². The van der Waals surface area contributed by atoms with Crippen LogP contribution in [0.15, 0.2) is 42.5 Å². The van der Waals surface area contributed by atoms with Crippen molar-refractivity contribution in [3.8, 4) is 17.7 Å². The van der Waals surface area contributed by atoms with Crippen molar-refractivity contribution in [3.05, 3.63) is 81.8 Å². The van der Waals surface area contributed by atoms with Gasteiger partial charge in [-0.05, 0) is 55.0 Å². The summed E-state index contributed by atoms with van der Waals surface area (Å²) in [6.07, 6.45) is 0. The van der Waals surface area contributed by atoms with Crippen molar-refractivity contribution >= 4 is 23.2 Å². The fraction of sp³-hybridized carbons (Fsp3) is 0.0500. The Morgan fingerprint density at radius 3 is 2.59 bits per heavy atom. The van der Waals surface area contributed by atoms with Gasteiger partial charge in [-0.15, -0.1) is 0 Å². The zero-order chi connectivity index (χ0) is 21.1. The zero-order valence-electron chi connectivity index (χ0n) is 14.8. The molecule has 2 aromatic carbocycles. The van der Waals surface area contributed by atoms with E-state index in [0.717, 1.165) is 24.3 Å². The molecule has 1 amide bonds. The van der Waals surface area contributed by atoms with E-state index in [0.29, 0.717) is 5.56 Å². The number of ether oxygens (including phenoxy) is 1. The molecule has 1 N–H and O–H groups in total. The Bertz CT molecular complexity index is 1160. The maximum absolute atomic E-state index is 13.9. The molecule has 0 bridgehead atoms. The van der Waals surface area contributed by atoms with Crippen molar-refractivity contribution in [2.45, 2.75) is 6.92 Å². The summed E-state index contributed by atoms with van der Waals surface area (Å²) in [5.41, 5.74) is -0.0666. The summed E-state index contributed by atoms with van der Waals surface area (Å²) in [6.45, 7) is 1.57. The van der Waals surface area contributed by atoms with Crippen molar-refractivity contribution in [1.82, 2.24) is 4.98 Å². The van der Waals surface area contributed by atoms with Crippen LogP contribution in [0.3, 0.4) is 0 Å². The number of carbonyl (C=O) groups excluding carboxylic acids is 1. The van der Waals surface area contributed by atoms with E-state index in [9.17, 15) is 18.0 Å². The van der Waals surface area contributed by atoms with Gasteiger partial charge in [0, 0.05) is 5.69 Å². The summed E-state index contributed by atoms with van der Waals surface area (Å²) in [5, 5.41) is 10.8. The molecule has 0 aliphatic heterocycles. The van der Waals surface area contributed by atoms with Gasteiger partial charge in [0.25, 0.3) is 5.91 Å². The number of amides is 1. The number of hydrogen-bond acceptors (Lipinski definition) is 4. The first kappa shape index (κ1) is 20.2. The molecule has 0 atom stereocenters. The number of anilines is 1. The Morgan fingerprint density at radius 2 is 1.90 bits per heavy atom. The largest absolute Gasteiger partial charge is 0.438 e. The Morgan fingerprint density at radius 1 is 1.14 bits per heavy atom. The third kappa shape index (κ3) is 4.47. The van der Waals surface area contributed by atoms with E-state index in [-0.39, 0.29) is 28.4 Å². The van der Waals surface area contributed by atoms with Gasteiger partial charge in [-0.3, -0.25) is 4.79 Å². The third-order valence-corrected chi connectivity index (χ3v) is 4.10.